The highest BCUT2D eigenvalue weighted by atomic mass is 19.1. The zero-order chi connectivity index (χ0) is 14.6. The summed E-state index contributed by atoms with van der Waals surface area (Å²) in [4.78, 5) is 2.44. The lowest BCUT2D eigenvalue weighted by Gasteiger charge is -2.37. The molecule has 0 radical (unpaired) electrons. The van der Waals surface area contributed by atoms with Crippen molar-refractivity contribution in [2.75, 3.05) is 13.1 Å². The standard InChI is InChI=1S/C17H27FN2/c1-4-17(5-2)13-20(14(3)10-11-19-17)12-15-8-6-7-9-16(15)18/h6-9,14,19H,4-5,10-13H2,1-3H3. The van der Waals surface area contributed by atoms with Crippen LogP contribution in [0.15, 0.2) is 24.3 Å². The zero-order valence-electron chi connectivity index (χ0n) is 13.0. The van der Waals surface area contributed by atoms with Gasteiger partial charge >= 0.3 is 0 Å². The SMILES string of the molecule is CCC1(CC)CN(Cc2ccccc2F)C(C)CCN1. The van der Waals surface area contributed by atoms with E-state index in [2.05, 4.69) is 31.0 Å². The third-order valence-electron chi connectivity index (χ3n) is 4.88. The van der Waals surface area contributed by atoms with Crippen LogP contribution in [0.4, 0.5) is 4.39 Å². The van der Waals surface area contributed by atoms with Gasteiger partial charge in [-0.15, -0.1) is 0 Å². The second-order valence-corrected chi connectivity index (χ2v) is 6.05. The maximum atomic E-state index is 13.9. The van der Waals surface area contributed by atoms with Crippen LogP contribution < -0.4 is 5.32 Å². The molecular weight excluding hydrogens is 251 g/mol. The van der Waals surface area contributed by atoms with E-state index in [4.69, 9.17) is 0 Å². The molecule has 20 heavy (non-hydrogen) atoms. The molecule has 1 aliphatic heterocycles. The van der Waals surface area contributed by atoms with E-state index in [1.807, 2.05) is 12.1 Å². The molecule has 2 rings (SSSR count). The molecule has 0 spiro atoms. The van der Waals surface area contributed by atoms with E-state index in [1.165, 1.54) is 0 Å². The Hall–Kier alpha value is -0.930. The van der Waals surface area contributed by atoms with Gasteiger partial charge in [0.1, 0.15) is 5.82 Å². The zero-order valence-corrected chi connectivity index (χ0v) is 13.0. The first kappa shape index (κ1) is 15.5. The van der Waals surface area contributed by atoms with E-state index in [0.717, 1.165) is 37.9 Å². The van der Waals surface area contributed by atoms with Gasteiger partial charge in [-0.05, 0) is 38.8 Å². The van der Waals surface area contributed by atoms with Crippen molar-refractivity contribution < 1.29 is 4.39 Å². The molecule has 1 atom stereocenters. The third-order valence-corrected chi connectivity index (χ3v) is 4.88. The van der Waals surface area contributed by atoms with Crippen LogP contribution in [-0.2, 0) is 6.54 Å². The summed E-state index contributed by atoms with van der Waals surface area (Å²) in [6.07, 6.45) is 3.35. The van der Waals surface area contributed by atoms with E-state index in [9.17, 15) is 4.39 Å². The lowest BCUT2D eigenvalue weighted by Crippen LogP contribution is -2.51. The minimum atomic E-state index is -0.0875. The molecule has 1 unspecified atom stereocenters. The number of nitrogens with one attached hydrogen (secondary N) is 1. The smallest absolute Gasteiger partial charge is 0.127 e. The summed E-state index contributed by atoms with van der Waals surface area (Å²) in [5.74, 6) is -0.0875. The summed E-state index contributed by atoms with van der Waals surface area (Å²) in [5, 5.41) is 3.72. The van der Waals surface area contributed by atoms with Crippen LogP contribution in [0.2, 0.25) is 0 Å². The molecular formula is C17H27FN2. The van der Waals surface area contributed by atoms with E-state index >= 15 is 0 Å². The third kappa shape index (κ3) is 3.39. The lowest BCUT2D eigenvalue weighted by molar-refractivity contribution is 0.151. The van der Waals surface area contributed by atoms with Crippen molar-refractivity contribution in [1.82, 2.24) is 10.2 Å². The fraction of sp³-hybridized carbons (Fsp3) is 0.647. The molecule has 1 heterocycles. The Morgan fingerprint density at radius 3 is 2.65 bits per heavy atom. The van der Waals surface area contributed by atoms with Crippen LogP contribution in [0.1, 0.15) is 45.6 Å². The van der Waals surface area contributed by atoms with Gasteiger partial charge in [-0.3, -0.25) is 4.90 Å². The van der Waals surface area contributed by atoms with Crippen molar-refractivity contribution in [2.45, 2.75) is 58.2 Å². The quantitative estimate of drug-likeness (QED) is 0.906. The average molecular weight is 278 g/mol. The maximum absolute atomic E-state index is 13.9. The van der Waals surface area contributed by atoms with Gasteiger partial charge in [-0.1, -0.05) is 32.0 Å². The predicted molar refractivity (Wildman–Crippen MR) is 82.2 cm³/mol. The Morgan fingerprint density at radius 1 is 1.30 bits per heavy atom. The van der Waals surface area contributed by atoms with Crippen molar-refractivity contribution in [3.63, 3.8) is 0 Å². The van der Waals surface area contributed by atoms with Crippen LogP contribution in [0.25, 0.3) is 0 Å². The lowest BCUT2D eigenvalue weighted by atomic mass is 9.92. The highest BCUT2D eigenvalue weighted by Crippen LogP contribution is 2.24. The highest BCUT2D eigenvalue weighted by molar-refractivity contribution is 5.17. The van der Waals surface area contributed by atoms with Crippen LogP contribution in [0, 0.1) is 5.82 Å². The number of hydrogen-bond acceptors (Lipinski definition) is 2. The van der Waals surface area contributed by atoms with Gasteiger partial charge in [-0.2, -0.15) is 0 Å². The first-order valence-electron chi connectivity index (χ1n) is 7.82. The number of benzene rings is 1. The molecule has 0 saturated carbocycles. The number of rotatable bonds is 4. The predicted octanol–water partition coefficient (Wildman–Crippen LogP) is 3.57. The van der Waals surface area contributed by atoms with Gasteiger partial charge in [0.05, 0.1) is 0 Å². The van der Waals surface area contributed by atoms with Gasteiger partial charge in [0, 0.05) is 30.2 Å². The van der Waals surface area contributed by atoms with Crippen molar-refractivity contribution in [2.24, 2.45) is 0 Å². The summed E-state index contributed by atoms with van der Waals surface area (Å²) >= 11 is 0. The monoisotopic (exact) mass is 278 g/mol. The van der Waals surface area contributed by atoms with Gasteiger partial charge in [0.15, 0.2) is 0 Å². The largest absolute Gasteiger partial charge is 0.310 e. The van der Waals surface area contributed by atoms with E-state index in [0.29, 0.717) is 12.6 Å². The summed E-state index contributed by atoms with van der Waals surface area (Å²) < 4.78 is 13.9. The molecule has 0 aromatic heterocycles. The van der Waals surface area contributed by atoms with Crippen molar-refractivity contribution in [3.05, 3.63) is 35.6 Å². The molecule has 112 valence electrons. The molecule has 1 aromatic rings. The van der Waals surface area contributed by atoms with Crippen LogP contribution in [-0.4, -0.2) is 29.6 Å². The molecule has 0 bridgehead atoms. The topological polar surface area (TPSA) is 15.3 Å². The summed E-state index contributed by atoms with van der Waals surface area (Å²) in [7, 11) is 0. The maximum Gasteiger partial charge on any atom is 0.127 e. The molecule has 0 amide bonds. The fourth-order valence-electron chi connectivity index (χ4n) is 3.11. The van der Waals surface area contributed by atoms with Crippen LogP contribution in [0.5, 0.6) is 0 Å². The minimum absolute atomic E-state index is 0.0875. The second kappa shape index (κ2) is 6.68. The van der Waals surface area contributed by atoms with Gasteiger partial charge < -0.3 is 5.32 Å². The van der Waals surface area contributed by atoms with Gasteiger partial charge in [-0.25, -0.2) is 4.39 Å². The Bertz CT molecular complexity index is 429. The van der Waals surface area contributed by atoms with E-state index < -0.39 is 0 Å². The molecule has 1 fully saturated rings. The Balaban J connectivity index is 2.17. The molecule has 1 aliphatic rings. The number of hydrogen-bond donors (Lipinski definition) is 1. The number of halogens is 1. The average Bonchev–Trinajstić information content (AvgIpc) is 2.62. The number of nitrogens with zero attached hydrogens (tertiary/aromatic N) is 1. The first-order chi connectivity index (χ1) is 9.60. The molecule has 1 aromatic carbocycles. The summed E-state index contributed by atoms with van der Waals surface area (Å²) in [6.45, 7) is 9.49. The second-order valence-electron chi connectivity index (χ2n) is 6.05. The van der Waals surface area contributed by atoms with Crippen molar-refractivity contribution >= 4 is 0 Å². The van der Waals surface area contributed by atoms with Crippen molar-refractivity contribution in [1.29, 1.82) is 0 Å². The normalized spacial score (nSPS) is 23.5. The summed E-state index contributed by atoms with van der Waals surface area (Å²) in [6, 6.07) is 7.63. The Morgan fingerprint density at radius 2 is 2.00 bits per heavy atom. The molecule has 1 N–H and O–H groups in total. The van der Waals surface area contributed by atoms with Crippen LogP contribution in [0.3, 0.4) is 0 Å². The summed E-state index contributed by atoms with van der Waals surface area (Å²) in [5.41, 5.74) is 0.984. The minimum Gasteiger partial charge on any atom is -0.310 e. The fourth-order valence-corrected chi connectivity index (χ4v) is 3.11. The van der Waals surface area contributed by atoms with Crippen molar-refractivity contribution in [3.8, 4) is 0 Å². The molecule has 2 nitrogen and oxygen atoms in total. The Labute approximate surface area is 122 Å². The first-order valence-corrected chi connectivity index (χ1v) is 7.82. The molecule has 1 saturated heterocycles. The molecule has 3 heteroatoms. The highest BCUT2D eigenvalue weighted by Gasteiger charge is 2.33. The molecule has 0 aliphatic carbocycles. The van der Waals surface area contributed by atoms with Gasteiger partial charge in [0.2, 0.25) is 0 Å². The Kier molecular flexibility index (Phi) is 5.17. The van der Waals surface area contributed by atoms with Crippen LogP contribution >= 0.6 is 0 Å². The van der Waals surface area contributed by atoms with Gasteiger partial charge in [0.25, 0.3) is 0 Å². The van der Waals surface area contributed by atoms with E-state index in [-0.39, 0.29) is 11.4 Å². The van der Waals surface area contributed by atoms with E-state index in [1.54, 1.807) is 12.1 Å².